The molecule has 0 aliphatic carbocycles. The quantitative estimate of drug-likeness (QED) is 0.128. The van der Waals surface area contributed by atoms with Gasteiger partial charge in [-0.05, 0) is 6.42 Å². The van der Waals surface area contributed by atoms with E-state index in [4.69, 9.17) is 11.5 Å². The summed E-state index contributed by atoms with van der Waals surface area (Å²) in [7, 11) is 0. The highest BCUT2D eigenvalue weighted by atomic mass is 16.2. The van der Waals surface area contributed by atoms with Crippen LogP contribution in [0.15, 0.2) is 43.4 Å². The monoisotopic (exact) mass is 489 g/mol. The van der Waals surface area contributed by atoms with Gasteiger partial charge in [0.15, 0.2) is 10.9 Å². The van der Waals surface area contributed by atoms with Gasteiger partial charge in [-0.2, -0.15) is 0 Å². The molecule has 0 spiro atoms. The van der Waals surface area contributed by atoms with Gasteiger partial charge in [0, 0.05) is 17.3 Å². The van der Waals surface area contributed by atoms with E-state index in [0.717, 1.165) is 23.8 Å². The molecule has 0 atom stereocenters. The molecule has 0 saturated heterocycles. The Hall–Kier alpha value is -3.48. The molecule has 0 unspecified atom stereocenters. The third-order valence-electron chi connectivity index (χ3n) is 7.35. The van der Waals surface area contributed by atoms with Crippen LogP contribution in [0.5, 0.6) is 0 Å². The summed E-state index contributed by atoms with van der Waals surface area (Å²) in [6.07, 6.45) is 12.8. The predicted molar refractivity (Wildman–Crippen MR) is 150 cm³/mol. The van der Waals surface area contributed by atoms with Crippen LogP contribution in [0.25, 0.3) is 32.3 Å². The highest BCUT2D eigenvalue weighted by molar-refractivity contribution is 6.20. The normalized spacial score (nSPS) is 11.8. The van der Waals surface area contributed by atoms with Crippen molar-refractivity contribution in [1.82, 2.24) is 4.57 Å². The van der Waals surface area contributed by atoms with Crippen LogP contribution in [-0.2, 0) is 6.54 Å². The molecular formula is C29H35N3O4. The van der Waals surface area contributed by atoms with Gasteiger partial charge in [-0.1, -0.05) is 95.4 Å². The number of unbranched alkanes of at least 4 members (excludes halogenated alkanes) is 10. The van der Waals surface area contributed by atoms with Gasteiger partial charge >= 0.3 is 0 Å². The van der Waals surface area contributed by atoms with Crippen molar-refractivity contribution in [2.45, 2.75) is 84.1 Å². The van der Waals surface area contributed by atoms with E-state index in [1.165, 1.54) is 44.9 Å². The van der Waals surface area contributed by atoms with Crippen LogP contribution in [-0.4, -0.2) is 4.57 Å². The van der Waals surface area contributed by atoms with Gasteiger partial charge in [0.05, 0.1) is 32.9 Å². The third-order valence-corrected chi connectivity index (χ3v) is 7.35. The molecule has 0 saturated carbocycles. The summed E-state index contributed by atoms with van der Waals surface area (Å²) >= 11 is 0. The van der Waals surface area contributed by atoms with Gasteiger partial charge < -0.3 is 11.5 Å². The average Bonchev–Trinajstić information content (AvgIpc) is 3.13. The zero-order valence-corrected chi connectivity index (χ0v) is 21.0. The summed E-state index contributed by atoms with van der Waals surface area (Å²) in [6, 6.07) is 6.41. The molecule has 3 aromatic carbocycles. The topological polar surface area (TPSA) is 125 Å². The molecule has 0 aliphatic heterocycles. The second kappa shape index (κ2) is 11.1. The van der Waals surface area contributed by atoms with Gasteiger partial charge in [0.2, 0.25) is 0 Å². The maximum absolute atomic E-state index is 13.2. The minimum atomic E-state index is -0.548. The fourth-order valence-electron chi connectivity index (χ4n) is 5.35. The maximum Gasteiger partial charge on any atom is 0.263 e. The lowest BCUT2D eigenvalue weighted by atomic mass is 9.97. The Kier molecular flexibility index (Phi) is 7.87. The first-order valence-electron chi connectivity index (χ1n) is 13.2. The molecule has 36 heavy (non-hydrogen) atoms. The van der Waals surface area contributed by atoms with E-state index in [2.05, 4.69) is 6.92 Å². The number of rotatable bonds is 12. The number of hydrogen-bond donors (Lipinski definition) is 2. The highest BCUT2D eigenvalue weighted by Crippen LogP contribution is 2.31. The van der Waals surface area contributed by atoms with Crippen LogP contribution >= 0.6 is 0 Å². The number of anilines is 2. The van der Waals surface area contributed by atoms with Crippen molar-refractivity contribution in [3.8, 4) is 0 Å². The summed E-state index contributed by atoms with van der Waals surface area (Å²) in [5, 5.41) is 0.172. The molecule has 7 heteroatoms. The Bertz CT molecular complexity index is 1500. The number of fused-ring (bicyclic) bond motifs is 3. The molecule has 0 radical (unpaired) electrons. The Morgan fingerprint density at radius 3 is 1.39 bits per heavy atom. The molecule has 0 bridgehead atoms. The molecule has 1 aromatic heterocycles. The molecule has 0 aliphatic rings. The van der Waals surface area contributed by atoms with Crippen molar-refractivity contribution in [2.75, 3.05) is 11.5 Å². The summed E-state index contributed by atoms with van der Waals surface area (Å²) in [5.74, 6) is 0. The van der Waals surface area contributed by atoms with Crippen molar-refractivity contribution in [2.24, 2.45) is 0 Å². The number of nitrogen functional groups attached to an aromatic ring is 2. The summed E-state index contributed by atoms with van der Waals surface area (Å²) in [4.78, 5) is 52.7. The summed E-state index contributed by atoms with van der Waals surface area (Å²) < 4.78 is 1.15. The minimum absolute atomic E-state index is 0.0557. The lowest BCUT2D eigenvalue weighted by Crippen LogP contribution is -2.25. The van der Waals surface area contributed by atoms with Crippen molar-refractivity contribution in [1.29, 1.82) is 0 Å². The molecule has 1 heterocycles. The second-order valence-corrected chi connectivity index (χ2v) is 9.83. The zero-order valence-electron chi connectivity index (χ0n) is 21.0. The van der Waals surface area contributed by atoms with E-state index >= 15 is 0 Å². The van der Waals surface area contributed by atoms with Crippen molar-refractivity contribution in [3.05, 3.63) is 65.4 Å². The molecule has 4 aromatic rings. The van der Waals surface area contributed by atoms with Gasteiger partial charge in [-0.3, -0.25) is 23.7 Å². The van der Waals surface area contributed by atoms with E-state index in [-0.39, 0.29) is 50.2 Å². The van der Waals surface area contributed by atoms with E-state index in [9.17, 15) is 19.2 Å². The Balaban J connectivity index is 1.56. The first-order chi connectivity index (χ1) is 17.4. The van der Waals surface area contributed by atoms with Crippen LogP contribution in [0, 0.1) is 0 Å². The molecular weight excluding hydrogens is 454 g/mol. The van der Waals surface area contributed by atoms with Gasteiger partial charge in [0.1, 0.15) is 0 Å². The number of hydrogen-bond acceptors (Lipinski definition) is 6. The van der Waals surface area contributed by atoms with Crippen LogP contribution in [0.2, 0.25) is 0 Å². The van der Waals surface area contributed by atoms with Crippen molar-refractivity contribution < 1.29 is 0 Å². The molecule has 4 rings (SSSR count). The lowest BCUT2D eigenvalue weighted by Gasteiger charge is -2.07. The van der Waals surface area contributed by atoms with Crippen LogP contribution in [0.3, 0.4) is 0 Å². The SMILES string of the molecule is CCCCCCCCCCCCCn1c(=O)c2c(N)c3c(=O)c4ccccc4c(=O)c3c(N)c2c1=O. The van der Waals surface area contributed by atoms with Gasteiger partial charge in [0.25, 0.3) is 11.1 Å². The Labute approximate surface area is 209 Å². The van der Waals surface area contributed by atoms with E-state index in [1.54, 1.807) is 24.3 Å². The molecule has 4 N–H and O–H groups in total. The Morgan fingerprint density at radius 2 is 0.972 bits per heavy atom. The van der Waals surface area contributed by atoms with E-state index in [0.29, 0.717) is 6.42 Å². The van der Waals surface area contributed by atoms with Crippen molar-refractivity contribution >= 4 is 43.7 Å². The summed E-state index contributed by atoms with van der Waals surface area (Å²) in [6.45, 7) is 2.48. The fourth-order valence-corrected chi connectivity index (χ4v) is 5.35. The second-order valence-electron chi connectivity index (χ2n) is 9.83. The average molecular weight is 490 g/mol. The third kappa shape index (κ3) is 4.54. The standard InChI is InChI=1S/C29H35N3O4/c1-2-3-4-5-6-7-8-9-10-11-14-17-32-28(35)22-23(29(32)36)25(31)21-20(24(22)30)26(33)18-15-12-13-16-19(18)27(21)34/h12-13,15-16H,2-11,14,17,30-31H2,1H3. The van der Waals surface area contributed by atoms with Crippen LogP contribution in [0.1, 0.15) is 77.6 Å². The number of benzene rings is 3. The first-order valence-corrected chi connectivity index (χ1v) is 13.2. The van der Waals surface area contributed by atoms with E-state index < -0.39 is 22.0 Å². The largest absolute Gasteiger partial charge is 0.397 e. The van der Waals surface area contributed by atoms with Gasteiger partial charge in [-0.25, -0.2) is 0 Å². The van der Waals surface area contributed by atoms with Crippen molar-refractivity contribution in [3.63, 3.8) is 0 Å². The summed E-state index contributed by atoms with van der Waals surface area (Å²) in [5.41, 5.74) is 10.3. The van der Waals surface area contributed by atoms with Crippen LogP contribution in [0.4, 0.5) is 11.4 Å². The number of nitrogens with zero attached hydrogens (tertiary/aromatic N) is 1. The molecule has 7 nitrogen and oxygen atoms in total. The minimum Gasteiger partial charge on any atom is -0.397 e. The Morgan fingerprint density at radius 1 is 0.583 bits per heavy atom. The first kappa shape index (κ1) is 25.6. The highest BCUT2D eigenvalue weighted by Gasteiger charge is 2.25. The molecule has 190 valence electrons. The fraction of sp³-hybridized carbons (Fsp3) is 0.448. The molecule has 0 amide bonds. The smallest absolute Gasteiger partial charge is 0.263 e. The predicted octanol–water partition coefficient (Wildman–Crippen LogP) is 4.74. The van der Waals surface area contributed by atoms with Crippen LogP contribution < -0.4 is 33.4 Å². The maximum atomic E-state index is 13.2. The lowest BCUT2D eigenvalue weighted by molar-refractivity contribution is 0.526. The molecule has 0 fully saturated rings. The zero-order chi connectivity index (χ0) is 25.8. The number of aromatic nitrogens is 1. The number of nitrogens with two attached hydrogens (primary N) is 2. The van der Waals surface area contributed by atoms with Gasteiger partial charge in [-0.15, -0.1) is 0 Å². The van der Waals surface area contributed by atoms with E-state index in [1.807, 2.05) is 0 Å².